The van der Waals surface area contributed by atoms with E-state index < -0.39 is 0 Å². The standard InChI is InChI=1S/C21H29N5O.HI/c1-4-22-21(24-15-18-9-7-8-17(2)14-18)25-16-20(27)26(3)13-11-19-10-5-6-12-23-19;/h5-10,12,14H,4,11,13,15-16H2,1-3H3,(H2,22,24,25);1H. The van der Waals surface area contributed by atoms with Crippen LogP contribution >= 0.6 is 24.0 Å². The minimum atomic E-state index is 0. The number of pyridine rings is 1. The second-order valence-corrected chi connectivity index (χ2v) is 6.42. The van der Waals surface area contributed by atoms with Gasteiger partial charge in [-0.15, -0.1) is 24.0 Å². The van der Waals surface area contributed by atoms with E-state index in [0.717, 1.165) is 24.2 Å². The molecule has 1 amide bonds. The molecule has 0 spiro atoms. The highest BCUT2D eigenvalue weighted by atomic mass is 127. The average Bonchev–Trinajstić information content (AvgIpc) is 2.68. The van der Waals surface area contributed by atoms with Crippen LogP contribution in [0.3, 0.4) is 0 Å². The van der Waals surface area contributed by atoms with E-state index in [-0.39, 0.29) is 36.4 Å². The van der Waals surface area contributed by atoms with Gasteiger partial charge in [0.1, 0.15) is 0 Å². The van der Waals surface area contributed by atoms with Crippen LogP contribution in [0.2, 0.25) is 0 Å². The first-order chi connectivity index (χ1) is 13.1. The monoisotopic (exact) mass is 495 g/mol. The third-order valence-electron chi connectivity index (χ3n) is 4.11. The fourth-order valence-corrected chi connectivity index (χ4v) is 2.57. The molecule has 0 aliphatic rings. The summed E-state index contributed by atoms with van der Waals surface area (Å²) in [6.07, 6.45) is 2.51. The van der Waals surface area contributed by atoms with Crippen molar-refractivity contribution in [2.45, 2.75) is 26.8 Å². The smallest absolute Gasteiger partial charge is 0.241 e. The SMILES string of the molecule is CCNC(=NCc1cccc(C)c1)NCC(=O)N(C)CCc1ccccn1.I. The molecule has 0 saturated heterocycles. The number of aliphatic imine (C=N–C) groups is 1. The second kappa shape index (κ2) is 13.1. The lowest BCUT2D eigenvalue weighted by atomic mass is 10.1. The molecule has 2 N–H and O–H groups in total. The Balaban J connectivity index is 0.00000392. The lowest BCUT2D eigenvalue weighted by molar-refractivity contribution is -0.128. The number of hydrogen-bond acceptors (Lipinski definition) is 3. The van der Waals surface area contributed by atoms with E-state index in [1.807, 2.05) is 38.2 Å². The highest BCUT2D eigenvalue weighted by molar-refractivity contribution is 14.0. The van der Waals surface area contributed by atoms with Crippen LogP contribution in [0.4, 0.5) is 0 Å². The molecule has 0 atom stereocenters. The fraction of sp³-hybridized carbons (Fsp3) is 0.381. The Labute approximate surface area is 184 Å². The summed E-state index contributed by atoms with van der Waals surface area (Å²) in [5.41, 5.74) is 3.34. The quantitative estimate of drug-likeness (QED) is 0.336. The number of nitrogens with one attached hydrogen (secondary N) is 2. The summed E-state index contributed by atoms with van der Waals surface area (Å²) in [6, 6.07) is 14.1. The lowest BCUT2D eigenvalue weighted by Crippen LogP contribution is -2.44. The summed E-state index contributed by atoms with van der Waals surface area (Å²) >= 11 is 0. The number of halogens is 1. The van der Waals surface area contributed by atoms with Gasteiger partial charge in [-0.3, -0.25) is 9.78 Å². The molecule has 28 heavy (non-hydrogen) atoms. The van der Waals surface area contributed by atoms with Crippen LogP contribution in [-0.2, 0) is 17.8 Å². The zero-order chi connectivity index (χ0) is 19.5. The predicted molar refractivity (Wildman–Crippen MR) is 125 cm³/mol. The third-order valence-corrected chi connectivity index (χ3v) is 4.11. The van der Waals surface area contributed by atoms with Gasteiger partial charge in [0.15, 0.2) is 5.96 Å². The molecule has 0 fully saturated rings. The molecular formula is C21H30IN5O. The molecule has 1 aromatic heterocycles. The van der Waals surface area contributed by atoms with E-state index in [4.69, 9.17) is 0 Å². The largest absolute Gasteiger partial charge is 0.357 e. The second-order valence-electron chi connectivity index (χ2n) is 6.42. The predicted octanol–water partition coefficient (Wildman–Crippen LogP) is 2.76. The van der Waals surface area contributed by atoms with Crippen molar-refractivity contribution in [3.8, 4) is 0 Å². The number of amides is 1. The zero-order valence-corrected chi connectivity index (χ0v) is 19.1. The van der Waals surface area contributed by atoms with Gasteiger partial charge in [0.25, 0.3) is 0 Å². The minimum Gasteiger partial charge on any atom is -0.357 e. The zero-order valence-electron chi connectivity index (χ0n) is 16.8. The molecule has 152 valence electrons. The summed E-state index contributed by atoms with van der Waals surface area (Å²) in [6.45, 7) is 6.22. The molecule has 0 bridgehead atoms. The summed E-state index contributed by atoms with van der Waals surface area (Å²) in [4.78, 5) is 22.9. The van der Waals surface area contributed by atoms with Crippen molar-refractivity contribution < 1.29 is 4.79 Å². The van der Waals surface area contributed by atoms with Crippen molar-refractivity contribution in [2.75, 3.05) is 26.7 Å². The van der Waals surface area contributed by atoms with Gasteiger partial charge in [-0.25, -0.2) is 4.99 Å². The van der Waals surface area contributed by atoms with Crippen molar-refractivity contribution in [2.24, 2.45) is 4.99 Å². The van der Waals surface area contributed by atoms with E-state index in [1.54, 1.807) is 11.1 Å². The average molecular weight is 495 g/mol. The number of aryl methyl sites for hydroxylation is 1. The van der Waals surface area contributed by atoms with Crippen molar-refractivity contribution >= 4 is 35.8 Å². The Morgan fingerprint density at radius 1 is 1.18 bits per heavy atom. The first-order valence-electron chi connectivity index (χ1n) is 9.30. The van der Waals surface area contributed by atoms with Crippen LogP contribution in [-0.4, -0.2) is 48.4 Å². The summed E-state index contributed by atoms with van der Waals surface area (Å²) < 4.78 is 0. The van der Waals surface area contributed by atoms with E-state index in [0.29, 0.717) is 19.0 Å². The van der Waals surface area contributed by atoms with Crippen molar-refractivity contribution in [3.05, 3.63) is 65.5 Å². The van der Waals surface area contributed by atoms with Crippen LogP contribution in [0.15, 0.2) is 53.7 Å². The number of likely N-dealkylation sites (N-methyl/N-ethyl adjacent to an activating group) is 1. The molecule has 0 saturated carbocycles. The van der Waals surface area contributed by atoms with Gasteiger partial charge < -0.3 is 15.5 Å². The molecule has 2 rings (SSSR count). The molecule has 0 radical (unpaired) electrons. The summed E-state index contributed by atoms with van der Waals surface area (Å²) in [5, 5.41) is 6.29. The molecule has 1 heterocycles. The summed E-state index contributed by atoms with van der Waals surface area (Å²) in [7, 11) is 1.81. The number of guanidine groups is 1. The minimum absolute atomic E-state index is 0. The van der Waals surface area contributed by atoms with Gasteiger partial charge >= 0.3 is 0 Å². The molecule has 7 heteroatoms. The number of hydrogen-bond donors (Lipinski definition) is 2. The van der Waals surface area contributed by atoms with E-state index in [9.17, 15) is 4.79 Å². The Kier molecular flexibility index (Phi) is 11.2. The molecule has 2 aromatic rings. The highest BCUT2D eigenvalue weighted by Crippen LogP contribution is 2.05. The van der Waals surface area contributed by atoms with Crippen LogP contribution in [0, 0.1) is 6.92 Å². The van der Waals surface area contributed by atoms with Gasteiger partial charge in [0, 0.05) is 38.4 Å². The van der Waals surface area contributed by atoms with Crippen LogP contribution in [0.25, 0.3) is 0 Å². The van der Waals surface area contributed by atoms with Gasteiger partial charge in [-0.05, 0) is 31.5 Å². The van der Waals surface area contributed by atoms with E-state index in [1.165, 1.54) is 5.56 Å². The van der Waals surface area contributed by atoms with Crippen molar-refractivity contribution in [1.82, 2.24) is 20.5 Å². The maximum Gasteiger partial charge on any atom is 0.241 e. The van der Waals surface area contributed by atoms with Gasteiger partial charge in [0.2, 0.25) is 5.91 Å². The number of carbonyl (C=O) groups is 1. The Bertz CT molecular complexity index is 751. The highest BCUT2D eigenvalue weighted by Gasteiger charge is 2.10. The number of rotatable bonds is 8. The molecule has 0 unspecified atom stereocenters. The maximum absolute atomic E-state index is 12.4. The van der Waals surface area contributed by atoms with E-state index >= 15 is 0 Å². The number of carbonyl (C=O) groups excluding carboxylic acids is 1. The van der Waals surface area contributed by atoms with E-state index in [2.05, 4.69) is 45.7 Å². The molecule has 0 aliphatic heterocycles. The number of nitrogens with zero attached hydrogens (tertiary/aromatic N) is 3. The van der Waals surface area contributed by atoms with Gasteiger partial charge in [0.05, 0.1) is 13.1 Å². The van der Waals surface area contributed by atoms with Crippen LogP contribution < -0.4 is 10.6 Å². The van der Waals surface area contributed by atoms with Crippen LogP contribution in [0.5, 0.6) is 0 Å². The first kappa shape index (κ1) is 23.9. The van der Waals surface area contributed by atoms with Gasteiger partial charge in [-0.2, -0.15) is 0 Å². The molecule has 1 aromatic carbocycles. The molecule has 6 nitrogen and oxygen atoms in total. The topological polar surface area (TPSA) is 69.6 Å². The lowest BCUT2D eigenvalue weighted by Gasteiger charge is -2.18. The first-order valence-corrected chi connectivity index (χ1v) is 9.30. The third kappa shape index (κ3) is 8.69. The normalized spacial score (nSPS) is 10.8. The van der Waals surface area contributed by atoms with Crippen molar-refractivity contribution in [3.63, 3.8) is 0 Å². The van der Waals surface area contributed by atoms with Crippen molar-refractivity contribution in [1.29, 1.82) is 0 Å². The number of benzene rings is 1. The van der Waals surface area contributed by atoms with Gasteiger partial charge in [-0.1, -0.05) is 35.9 Å². The Morgan fingerprint density at radius 2 is 2.00 bits per heavy atom. The fourth-order valence-electron chi connectivity index (χ4n) is 2.57. The Hall–Kier alpha value is -2.16. The molecular weight excluding hydrogens is 465 g/mol. The Morgan fingerprint density at radius 3 is 2.68 bits per heavy atom. The summed E-state index contributed by atoms with van der Waals surface area (Å²) in [5.74, 6) is 0.664. The van der Waals surface area contributed by atoms with Crippen LogP contribution in [0.1, 0.15) is 23.7 Å². The molecule has 0 aliphatic carbocycles. The maximum atomic E-state index is 12.4. The number of aromatic nitrogens is 1.